The maximum Gasteiger partial charge on any atom is 0.175 e. The zero-order chi connectivity index (χ0) is 39.1. The van der Waals surface area contributed by atoms with Crippen LogP contribution >= 0.6 is 11.3 Å². The quantitative estimate of drug-likeness (QED) is 0.117. The molecular formula is C55H42N2SSi. The number of aromatic nitrogens is 2. The van der Waals surface area contributed by atoms with E-state index in [1.165, 1.54) is 91.4 Å². The minimum Gasteiger partial charge on any atom is -0.313 e. The van der Waals surface area contributed by atoms with Gasteiger partial charge in [0, 0.05) is 48.4 Å². The van der Waals surface area contributed by atoms with E-state index in [0.29, 0.717) is 5.92 Å². The Labute approximate surface area is 349 Å². The highest BCUT2D eigenvalue weighted by Crippen LogP contribution is 2.52. The van der Waals surface area contributed by atoms with Gasteiger partial charge in [-0.25, -0.2) is 0 Å². The average Bonchev–Trinajstić information content (AvgIpc) is 3.96. The van der Waals surface area contributed by atoms with Gasteiger partial charge in [0.2, 0.25) is 0 Å². The smallest absolute Gasteiger partial charge is 0.175 e. The summed E-state index contributed by atoms with van der Waals surface area (Å²) in [6.45, 7) is 2.42. The summed E-state index contributed by atoms with van der Waals surface area (Å²) in [6, 6.07) is 66.5. The molecule has 0 saturated heterocycles. The van der Waals surface area contributed by atoms with Crippen LogP contribution in [-0.4, -0.2) is 17.2 Å². The van der Waals surface area contributed by atoms with Crippen molar-refractivity contribution < 1.29 is 0 Å². The van der Waals surface area contributed by atoms with Gasteiger partial charge in [0.1, 0.15) is 0 Å². The Morgan fingerprint density at radius 2 is 1.05 bits per heavy atom. The van der Waals surface area contributed by atoms with Crippen molar-refractivity contribution >= 4 is 77.8 Å². The summed E-state index contributed by atoms with van der Waals surface area (Å²) in [5.41, 5.74) is 10.6. The Balaban J connectivity index is 1.05. The number of fused-ring (bicyclic) bond motifs is 10. The van der Waals surface area contributed by atoms with Crippen molar-refractivity contribution in [1.29, 1.82) is 0 Å². The number of nitrogens with zero attached hydrogens (tertiary/aromatic N) is 2. The van der Waals surface area contributed by atoms with Gasteiger partial charge in [-0.05, 0) is 100 Å². The molecule has 10 aromatic rings. The van der Waals surface area contributed by atoms with Crippen molar-refractivity contribution in [2.75, 3.05) is 0 Å². The number of hydrogen-bond donors (Lipinski definition) is 0. The highest BCUT2D eigenvalue weighted by Gasteiger charge is 2.43. The summed E-state index contributed by atoms with van der Waals surface area (Å²) >= 11 is 1.97. The van der Waals surface area contributed by atoms with Crippen molar-refractivity contribution in [1.82, 2.24) is 9.13 Å². The Bertz CT molecular complexity index is 3250. The molecule has 0 aliphatic heterocycles. The molecule has 7 aromatic carbocycles. The first-order valence-corrected chi connectivity index (χ1v) is 23.8. The van der Waals surface area contributed by atoms with Gasteiger partial charge >= 0.3 is 0 Å². The molecule has 2 atom stereocenters. The van der Waals surface area contributed by atoms with Crippen LogP contribution in [0.15, 0.2) is 199 Å². The second-order valence-electron chi connectivity index (χ2n) is 16.4. The molecule has 2 nitrogen and oxygen atoms in total. The molecule has 3 heterocycles. The minimum absolute atomic E-state index is 0.436. The van der Waals surface area contributed by atoms with E-state index in [2.05, 4.69) is 210 Å². The van der Waals surface area contributed by atoms with Gasteiger partial charge in [-0.3, -0.25) is 0 Å². The number of hydrogen-bond acceptors (Lipinski definition) is 1. The van der Waals surface area contributed by atoms with E-state index in [0.717, 1.165) is 19.3 Å². The lowest BCUT2D eigenvalue weighted by Gasteiger charge is -2.37. The molecule has 0 spiro atoms. The average molecular weight is 791 g/mol. The fourth-order valence-corrected chi connectivity index (χ4v) is 17.2. The number of thiophene rings is 1. The molecule has 12 rings (SSSR count). The third-order valence-corrected chi connectivity index (χ3v) is 19.4. The summed E-state index contributed by atoms with van der Waals surface area (Å²) in [6.07, 6.45) is 10.2. The summed E-state index contributed by atoms with van der Waals surface area (Å²) in [5.74, 6) is 0.436. The van der Waals surface area contributed by atoms with Crippen molar-refractivity contribution in [3.8, 4) is 21.8 Å². The standard InChI is InChI=1S/C55H42N2SSi/c1-37-36-51-54(55-53(37)47-23-11-15-27-52(47)58-55)46-22-10-14-26-50(46)57(51)39-30-34-43(35-31-39)59(40-16-4-2-5-17-40,41-18-6-3-7-19-41)42-32-28-38(29-33-42)56-48-24-12-8-20-44(48)45-21-9-13-25-49(45)56/h2-6,8-18,20-35,37H,7,19,36H2,1H3. The normalized spacial score (nSPS) is 16.0. The lowest BCUT2D eigenvalue weighted by Crippen LogP contribution is -2.68. The van der Waals surface area contributed by atoms with Crippen molar-refractivity contribution in [2.24, 2.45) is 0 Å². The van der Waals surface area contributed by atoms with Crippen molar-refractivity contribution in [3.05, 3.63) is 211 Å². The van der Waals surface area contributed by atoms with Crippen LogP contribution in [0.5, 0.6) is 0 Å². The van der Waals surface area contributed by atoms with Crippen molar-refractivity contribution in [2.45, 2.75) is 32.1 Å². The van der Waals surface area contributed by atoms with Gasteiger partial charge in [0.15, 0.2) is 8.07 Å². The highest BCUT2D eigenvalue weighted by molar-refractivity contribution is 7.22. The molecule has 0 N–H and O–H groups in total. The van der Waals surface area contributed by atoms with Gasteiger partial charge in [0.05, 0.1) is 16.6 Å². The number of benzene rings is 7. The molecule has 0 saturated carbocycles. The van der Waals surface area contributed by atoms with Gasteiger partial charge < -0.3 is 9.13 Å². The molecule has 59 heavy (non-hydrogen) atoms. The first kappa shape index (κ1) is 34.6. The molecule has 0 fully saturated rings. The van der Waals surface area contributed by atoms with E-state index in [1.807, 2.05) is 11.3 Å². The number of rotatable bonds is 6. The van der Waals surface area contributed by atoms with Crippen LogP contribution in [0, 0.1) is 0 Å². The third kappa shape index (κ3) is 5.10. The van der Waals surface area contributed by atoms with E-state index in [9.17, 15) is 0 Å². The molecule has 2 aliphatic rings. The lowest BCUT2D eigenvalue weighted by atomic mass is 9.85. The number of allylic oxidation sites excluding steroid dienone is 4. The van der Waals surface area contributed by atoms with Crippen LogP contribution in [-0.2, 0) is 6.42 Å². The molecule has 2 unspecified atom stereocenters. The summed E-state index contributed by atoms with van der Waals surface area (Å²) in [7, 11) is -2.71. The maximum absolute atomic E-state index is 2.71. The predicted octanol–water partition coefficient (Wildman–Crippen LogP) is 12.6. The van der Waals surface area contributed by atoms with E-state index >= 15 is 0 Å². The summed E-state index contributed by atoms with van der Waals surface area (Å²) in [4.78, 5) is 1.45. The second-order valence-corrected chi connectivity index (χ2v) is 21.3. The fraction of sp³-hybridized carbons (Fsp3) is 0.0909. The molecule has 0 radical (unpaired) electrons. The molecule has 0 amide bonds. The fourth-order valence-electron chi connectivity index (χ4n) is 10.7. The zero-order valence-electron chi connectivity index (χ0n) is 33.0. The van der Waals surface area contributed by atoms with E-state index < -0.39 is 8.07 Å². The summed E-state index contributed by atoms with van der Waals surface area (Å²) < 4.78 is 6.39. The van der Waals surface area contributed by atoms with Gasteiger partial charge in [-0.2, -0.15) is 0 Å². The van der Waals surface area contributed by atoms with Gasteiger partial charge in [-0.1, -0.05) is 158 Å². The Kier molecular flexibility index (Phi) is 7.94. The summed E-state index contributed by atoms with van der Waals surface area (Å²) in [5, 5.41) is 11.2. The second kappa shape index (κ2) is 13.6. The predicted molar refractivity (Wildman–Crippen MR) is 255 cm³/mol. The highest BCUT2D eigenvalue weighted by atomic mass is 32.1. The van der Waals surface area contributed by atoms with Crippen LogP contribution in [0.25, 0.3) is 64.6 Å². The van der Waals surface area contributed by atoms with E-state index in [1.54, 1.807) is 5.20 Å². The Morgan fingerprint density at radius 3 is 1.68 bits per heavy atom. The van der Waals surface area contributed by atoms with Crippen LogP contribution in [0.1, 0.15) is 36.9 Å². The monoisotopic (exact) mass is 790 g/mol. The molecular weight excluding hydrogens is 749 g/mol. The molecule has 282 valence electrons. The Hall–Kier alpha value is -6.46. The Morgan fingerprint density at radius 1 is 0.525 bits per heavy atom. The van der Waals surface area contributed by atoms with Crippen LogP contribution in [0.2, 0.25) is 0 Å². The van der Waals surface area contributed by atoms with E-state index in [4.69, 9.17) is 0 Å². The van der Waals surface area contributed by atoms with Crippen LogP contribution in [0.4, 0.5) is 0 Å². The van der Waals surface area contributed by atoms with Gasteiger partial charge in [0.25, 0.3) is 0 Å². The van der Waals surface area contributed by atoms with Crippen molar-refractivity contribution in [3.63, 3.8) is 0 Å². The SMILES string of the molecule is CC1Cc2c(c3ccccc3n2-c2ccc([Si](C3=CC=CCC3)(c3ccccc3)c3ccc(-n4c5ccccc5c5ccccc54)cc3)cc2)-c2sc3ccccc3c21. The zero-order valence-corrected chi connectivity index (χ0v) is 34.8. The molecule has 3 aromatic heterocycles. The molecule has 0 bridgehead atoms. The van der Waals surface area contributed by atoms with Gasteiger partial charge in [-0.15, -0.1) is 11.3 Å². The van der Waals surface area contributed by atoms with Crippen LogP contribution < -0.4 is 15.6 Å². The third-order valence-electron chi connectivity index (χ3n) is 13.2. The minimum atomic E-state index is -2.71. The van der Waals surface area contributed by atoms with Crippen LogP contribution in [0.3, 0.4) is 0 Å². The molecule has 4 heteroatoms. The largest absolute Gasteiger partial charge is 0.313 e. The first-order chi connectivity index (χ1) is 29.2. The number of para-hydroxylation sites is 3. The lowest BCUT2D eigenvalue weighted by molar-refractivity contribution is 0.728. The first-order valence-electron chi connectivity index (χ1n) is 21.0. The molecule has 2 aliphatic carbocycles. The maximum atomic E-state index is 2.58. The topological polar surface area (TPSA) is 9.86 Å². The van der Waals surface area contributed by atoms with E-state index in [-0.39, 0.29) is 0 Å².